The first kappa shape index (κ1) is 26.9. The molecule has 192 valence electrons. The number of pyridine rings is 1. The van der Waals surface area contributed by atoms with Crippen molar-refractivity contribution >= 4 is 36.0 Å². The Morgan fingerprint density at radius 1 is 1.25 bits per heavy atom. The molecule has 1 aliphatic heterocycles. The van der Waals surface area contributed by atoms with Crippen molar-refractivity contribution in [2.24, 2.45) is 17.0 Å². The van der Waals surface area contributed by atoms with Crippen LogP contribution in [-0.4, -0.2) is 62.7 Å². The Morgan fingerprint density at radius 2 is 1.89 bits per heavy atom. The van der Waals surface area contributed by atoms with E-state index in [4.69, 9.17) is 25.8 Å². The highest BCUT2D eigenvalue weighted by Gasteiger charge is 2.30. The number of methoxy groups -OCH3 is 2. The predicted molar refractivity (Wildman–Crippen MR) is 136 cm³/mol. The van der Waals surface area contributed by atoms with Gasteiger partial charge in [0.15, 0.2) is 11.6 Å². The average Bonchev–Trinajstić information content (AvgIpc) is 3.30. The lowest BCUT2D eigenvalue weighted by atomic mass is 10.0. The van der Waals surface area contributed by atoms with Crippen LogP contribution in [0.3, 0.4) is 0 Å². The third kappa shape index (κ3) is 5.26. The van der Waals surface area contributed by atoms with Crippen LogP contribution in [0.1, 0.15) is 5.56 Å². The van der Waals surface area contributed by atoms with Crippen LogP contribution in [0.2, 0.25) is 5.02 Å². The maximum absolute atomic E-state index is 15.2. The number of guanidine groups is 1. The van der Waals surface area contributed by atoms with E-state index in [1.165, 1.54) is 44.0 Å². The summed E-state index contributed by atoms with van der Waals surface area (Å²) in [6.45, 7) is 9.28. The first-order valence-electron chi connectivity index (χ1n) is 10.8. The van der Waals surface area contributed by atoms with Crippen molar-refractivity contribution in [3.05, 3.63) is 51.5 Å². The van der Waals surface area contributed by atoms with E-state index < -0.39 is 11.4 Å². The third-order valence-electron chi connectivity index (χ3n) is 5.68. The zero-order chi connectivity index (χ0) is 26.6. The van der Waals surface area contributed by atoms with E-state index in [-0.39, 0.29) is 57.4 Å². The molecular formula is C24H27ClFN5O5. The summed E-state index contributed by atoms with van der Waals surface area (Å²) in [5.74, 6) is -0.716. The molecule has 3 rings (SSSR count). The minimum Gasteiger partial charge on any atom is -0.495 e. The van der Waals surface area contributed by atoms with Crippen molar-refractivity contribution in [2.75, 3.05) is 27.4 Å². The summed E-state index contributed by atoms with van der Waals surface area (Å²) < 4.78 is 32.2. The Hall–Kier alpha value is -3.70. The molecule has 0 unspecified atom stereocenters. The second kappa shape index (κ2) is 11.4. The van der Waals surface area contributed by atoms with Crippen molar-refractivity contribution in [1.82, 2.24) is 15.2 Å². The molecule has 2 N–H and O–H groups in total. The lowest BCUT2D eigenvalue weighted by Crippen LogP contribution is -2.50. The van der Waals surface area contributed by atoms with Gasteiger partial charge in [-0.15, -0.1) is 0 Å². The number of hydrogen-bond acceptors (Lipinski definition) is 6. The molecule has 1 fully saturated rings. The summed E-state index contributed by atoms with van der Waals surface area (Å²) in [5.41, 5.74) is -0.159. The van der Waals surface area contributed by atoms with Crippen LogP contribution in [0.15, 0.2) is 39.6 Å². The van der Waals surface area contributed by atoms with E-state index in [1.54, 1.807) is 6.92 Å². The topological polar surface area (TPSA) is 116 Å². The number of nitrogens with one attached hydrogen (secondary N) is 2. The first-order chi connectivity index (χ1) is 17.2. The van der Waals surface area contributed by atoms with Gasteiger partial charge >= 0.3 is 0 Å². The fraction of sp³-hybridized carbons (Fsp3) is 0.333. The number of benzene rings is 1. The Kier molecular flexibility index (Phi) is 8.49. The van der Waals surface area contributed by atoms with Gasteiger partial charge < -0.3 is 24.8 Å². The average molecular weight is 520 g/mol. The van der Waals surface area contributed by atoms with E-state index in [0.29, 0.717) is 18.8 Å². The molecule has 2 atom stereocenters. The molecule has 0 saturated carbocycles. The van der Waals surface area contributed by atoms with Gasteiger partial charge in [-0.3, -0.25) is 14.2 Å². The number of hydrogen-bond donors (Lipinski definition) is 2. The SMILES string of the molecule is C=CC(=O)N[C@H]1COC[C@H]1N/C(N=C)=N/c1c(C)cc(-c2c(F)c(OC)cc(OC)c2Cl)c(=O)n1C. The van der Waals surface area contributed by atoms with Gasteiger partial charge in [0.25, 0.3) is 5.56 Å². The number of nitrogens with zero attached hydrogens (tertiary/aromatic N) is 3. The van der Waals surface area contributed by atoms with Crippen molar-refractivity contribution in [3.63, 3.8) is 0 Å². The van der Waals surface area contributed by atoms with Crippen LogP contribution in [0.4, 0.5) is 10.2 Å². The van der Waals surface area contributed by atoms with E-state index in [9.17, 15) is 9.59 Å². The molecule has 1 aliphatic rings. The van der Waals surface area contributed by atoms with Crippen LogP contribution in [0.25, 0.3) is 11.1 Å². The van der Waals surface area contributed by atoms with Gasteiger partial charge in [0.2, 0.25) is 11.9 Å². The van der Waals surface area contributed by atoms with E-state index in [2.05, 4.69) is 33.9 Å². The van der Waals surface area contributed by atoms with Crippen LogP contribution in [-0.2, 0) is 16.6 Å². The summed E-state index contributed by atoms with van der Waals surface area (Å²) in [7, 11) is 4.17. The molecule has 1 aromatic carbocycles. The number of ether oxygens (including phenoxy) is 3. The Labute approximate surface area is 212 Å². The highest BCUT2D eigenvalue weighted by Crippen LogP contribution is 2.41. The van der Waals surface area contributed by atoms with Crippen molar-refractivity contribution in [1.29, 1.82) is 0 Å². The van der Waals surface area contributed by atoms with E-state index in [0.717, 1.165) is 0 Å². The van der Waals surface area contributed by atoms with Crippen LogP contribution < -0.4 is 25.7 Å². The molecule has 1 saturated heterocycles. The van der Waals surface area contributed by atoms with Crippen LogP contribution in [0, 0.1) is 12.7 Å². The fourth-order valence-electron chi connectivity index (χ4n) is 3.81. The molecule has 2 heterocycles. The van der Waals surface area contributed by atoms with Gasteiger partial charge in [0.1, 0.15) is 11.6 Å². The van der Waals surface area contributed by atoms with Gasteiger partial charge in [0.05, 0.1) is 50.1 Å². The quantitative estimate of drug-likeness (QED) is 0.330. The van der Waals surface area contributed by atoms with Gasteiger partial charge in [-0.2, -0.15) is 4.99 Å². The van der Waals surface area contributed by atoms with Gasteiger partial charge in [-0.25, -0.2) is 9.38 Å². The number of amides is 1. The van der Waals surface area contributed by atoms with Gasteiger partial charge in [0, 0.05) is 18.7 Å². The van der Waals surface area contributed by atoms with E-state index >= 15 is 4.39 Å². The smallest absolute Gasteiger partial charge is 0.259 e. The summed E-state index contributed by atoms with van der Waals surface area (Å²) in [4.78, 5) is 33.4. The highest BCUT2D eigenvalue weighted by molar-refractivity contribution is 6.35. The number of carbonyl (C=O) groups is 1. The molecule has 1 aromatic heterocycles. The fourth-order valence-corrected chi connectivity index (χ4v) is 4.12. The number of carbonyl (C=O) groups excluding carboxylic acids is 1. The molecule has 10 nitrogen and oxygen atoms in total. The second-order valence-electron chi connectivity index (χ2n) is 7.91. The van der Waals surface area contributed by atoms with Crippen LogP contribution >= 0.6 is 11.6 Å². The summed E-state index contributed by atoms with van der Waals surface area (Å²) in [6.07, 6.45) is 1.17. The molecule has 0 bridgehead atoms. The molecule has 0 spiro atoms. The maximum Gasteiger partial charge on any atom is 0.259 e. The Bertz CT molecular complexity index is 1260. The highest BCUT2D eigenvalue weighted by atomic mass is 35.5. The molecule has 0 radical (unpaired) electrons. The first-order valence-corrected chi connectivity index (χ1v) is 11.2. The normalized spacial score (nSPS) is 17.4. The zero-order valence-corrected chi connectivity index (χ0v) is 21.1. The largest absolute Gasteiger partial charge is 0.495 e. The number of aliphatic imine (C=N–C) groups is 2. The lowest BCUT2D eigenvalue weighted by molar-refractivity contribution is -0.117. The lowest BCUT2D eigenvalue weighted by Gasteiger charge is -2.20. The Balaban J connectivity index is 2.04. The van der Waals surface area contributed by atoms with Crippen molar-refractivity contribution < 1.29 is 23.4 Å². The maximum atomic E-state index is 15.2. The molecule has 1 amide bonds. The molecule has 36 heavy (non-hydrogen) atoms. The summed E-state index contributed by atoms with van der Waals surface area (Å²) in [5, 5.41) is 5.79. The second-order valence-corrected chi connectivity index (χ2v) is 8.29. The van der Waals surface area contributed by atoms with Crippen molar-refractivity contribution in [2.45, 2.75) is 19.0 Å². The van der Waals surface area contributed by atoms with Gasteiger partial charge in [-0.05, 0) is 31.3 Å². The monoisotopic (exact) mass is 519 g/mol. The predicted octanol–water partition coefficient (Wildman–Crippen LogP) is 2.52. The Morgan fingerprint density at radius 3 is 2.47 bits per heavy atom. The zero-order valence-electron chi connectivity index (χ0n) is 20.4. The molecule has 2 aromatic rings. The summed E-state index contributed by atoms with van der Waals surface area (Å²) in [6, 6.07) is 2.11. The number of halogens is 2. The molecule has 0 aliphatic carbocycles. The minimum absolute atomic E-state index is 0.00566. The molecule has 12 heteroatoms. The third-order valence-corrected chi connectivity index (χ3v) is 6.05. The molecular weight excluding hydrogens is 493 g/mol. The number of rotatable bonds is 7. The number of aryl methyl sites for hydroxylation is 1. The standard InChI is InChI=1S/C24H27ClFN5O5/c1-7-18(32)28-14-10-36-11-15(14)29-24(27-3)30-22-12(2)8-13(23(33)31(22)4)19-20(25)16(34-5)9-17(35-6)21(19)26/h7-9,14-15H,1,3,10-11H2,2,4-6H3,(H,28,32)(H,29,30)/t14-,15+/m0/s1. The van der Waals surface area contributed by atoms with E-state index in [1.807, 2.05) is 0 Å². The summed E-state index contributed by atoms with van der Waals surface area (Å²) >= 11 is 6.38. The number of aromatic nitrogens is 1. The minimum atomic E-state index is -0.792. The van der Waals surface area contributed by atoms with Crippen LogP contribution in [0.5, 0.6) is 11.5 Å². The van der Waals surface area contributed by atoms with Crippen molar-refractivity contribution in [3.8, 4) is 22.6 Å². The van der Waals surface area contributed by atoms with Gasteiger partial charge in [-0.1, -0.05) is 18.2 Å².